The molecule has 0 amide bonds. The van der Waals surface area contributed by atoms with Crippen molar-refractivity contribution < 1.29 is 8.78 Å². The molecule has 1 aromatic rings. The zero-order valence-electron chi connectivity index (χ0n) is 15.6. The molecule has 0 aromatic heterocycles. The fraction of sp³-hybridized carbons (Fsp3) is 0.652. The fourth-order valence-electron chi connectivity index (χ4n) is 4.49. The van der Waals surface area contributed by atoms with Gasteiger partial charge in [-0.3, -0.25) is 0 Å². The Hall–Kier alpha value is -1.18. The summed E-state index contributed by atoms with van der Waals surface area (Å²) in [5.41, 5.74) is 3.67. The molecule has 2 heteroatoms. The van der Waals surface area contributed by atoms with Crippen LogP contribution >= 0.6 is 0 Å². The van der Waals surface area contributed by atoms with Crippen molar-refractivity contribution in [3.63, 3.8) is 0 Å². The third kappa shape index (κ3) is 5.15. The minimum atomic E-state index is -2.50. The largest absolute Gasteiger partial charge is 0.251 e. The molecule has 0 spiro atoms. The Bertz CT molecular complexity index is 562. The van der Waals surface area contributed by atoms with Crippen LogP contribution in [0.2, 0.25) is 0 Å². The molecular formula is C23H32F2. The van der Waals surface area contributed by atoms with Crippen LogP contribution in [-0.4, -0.2) is 5.92 Å². The lowest BCUT2D eigenvalue weighted by molar-refractivity contribution is -0.00602. The third-order valence-electron chi connectivity index (χ3n) is 6.22. The lowest BCUT2D eigenvalue weighted by atomic mass is 9.77. The topological polar surface area (TPSA) is 0 Å². The molecule has 0 atom stereocenters. The van der Waals surface area contributed by atoms with Gasteiger partial charge in [-0.25, -0.2) is 8.78 Å². The first kappa shape index (κ1) is 18.6. The monoisotopic (exact) mass is 346 g/mol. The first-order chi connectivity index (χ1) is 12.1. The van der Waals surface area contributed by atoms with Crippen LogP contribution in [-0.2, 0) is 0 Å². The average molecular weight is 347 g/mol. The van der Waals surface area contributed by atoms with Crippen molar-refractivity contribution in [3.8, 4) is 0 Å². The molecule has 1 saturated carbocycles. The van der Waals surface area contributed by atoms with Gasteiger partial charge in [0.05, 0.1) is 0 Å². The van der Waals surface area contributed by atoms with E-state index in [1.165, 1.54) is 56.9 Å². The van der Waals surface area contributed by atoms with Crippen LogP contribution < -0.4 is 0 Å². The smallest absolute Gasteiger partial charge is 0.207 e. The fourth-order valence-corrected chi connectivity index (χ4v) is 4.49. The van der Waals surface area contributed by atoms with Gasteiger partial charge in [0.15, 0.2) is 0 Å². The van der Waals surface area contributed by atoms with Gasteiger partial charge >= 0.3 is 0 Å². The summed E-state index contributed by atoms with van der Waals surface area (Å²) in [6, 6.07) is 8.78. The molecular weight excluding hydrogens is 314 g/mol. The van der Waals surface area contributed by atoms with Gasteiger partial charge in [0.1, 0.15) is 0 Å². The summed E-state index contributed by atoms with van der Waals surface area (Å²) in [6.07, 6.45) is 13.0. The molecule has 25 heavy (non-hydrogen) atoms. The average Bonchev–Trinajstić information content (AvgIpc) is 2.63. The van der Waals surface area contributed by atoms with E-state index in [9.17, 15) is 8.78 Å². The van der Waals surface area contributed by atoms with Crippen molar-refractivity contribution in [3.05, 3.63) is 41.5 Å². The first-order valence-corrected chi connectivity index (χ1v) is 10.2. The summed E-state index contributed by atoms with van der Waals surface area (Å²) in [4.78, 5) is 0. The lowest BCUT2D eigenvalue weighted by Gasteiger charge is -2.29. The van der Waals surface area contributed by atoms with E-state index in [1.807, 2.05) is 0 Å². The quantitative estimate of drug-likeness (QED) is 0.462. The Morgan fingerprint density at radius 2 is 1.72 bits per heavy atom. The number of hydrogen-bond acceptors (Lipinski definition) is 0. The van der Waals surface area contributed by atoms with Crippen LogP contribution in [0, 0.1) is 5.92 Å². The normalized spacial score (nSPS) is 26.3. The highest BCUT2D eigenvalue weighted by molar-refractivity contribution is 5.66. The van der Waals surface area contributed by atoms with Gasteiger partial charge < -0.3 is 0 Å². The molecule has 0 saturated heterocycles. The third-order valence-corrected chi connectivity index (χ3v) is 6.22. The van der Waals surface area contributed by atoms with Crippen molar-refractivity contribution in [2.24, 2.45) is 5.92 Å². The summed E-state index contributed by atoms with van der Waals surface area (Å²) in [5, 5.41) is 0. The van der Waals surface area contributed by atoms with Gasteiger partial charge in [-0.05, 0) is 60.6 Å². The van der Waals surface area contributed by atoms with Crippen molar-refractivity contribution in [2.75, 3.05) is 0 Å². The maximum Gasteiger partial charge on any atom is 0.251 e. The maximum atomic E-state index is 13.3. The molecule has 0 aliphatic heterocycles. The zero-order chi connectivity index (χ0) is 17.7. The number of rotatable bonds is 6. The molecule has 1 aromatic carbocycles. The van der Waals surface area contributed by atoms with Crippen molar-refractivity contribution >= 4 is 5.57 Å². The van der Waals surface area contributed by atoms with Gasteiger partial charge in [-0.15, -0.1) is 0 Å². The highest BCUT2D eigenvalue weighted by atomic mass is 19.3. The number of unbranched alkanes of at least 4 members (excludes halogenated alkanes) is 2. The second-order valence-corrected chi connectivity index (χ2v) is 8.12. The molecule has 0 unspecified atom stereocenters. The Labute approximate surface area is 151 Å². The lowest BCUT2D eigenvalue weighted by Crippen LogP contribution is -2.18. The highest BCUT2D eigenvalue weighted by Gasteiger charge is 2.31. The van der Waals surface area contributed by atoms with Gasteiger partial charge in [-0.2, -0.15) is 0 Å². The van der Waals surface area contributed by atoms with E-state index in [4.69, 9.17) is 0 Å². The molecule has 2 aliphatic rings. The van der Waals surface area contributed by atoms with Crippen molar-refractivity contribution in [1.29, 1.82) is 0 Å². The molecule has 138 valence electrons. The zero-order valence-corrected chi connectivity index (χ0v) is 15.6. The van der Waals surface area contributed by atoms with Crippen LogP contribution in [0.4, 0.5) is 8.78 Å². The molecule has 1 fully saturated rings. The highest BCUT2D eigenvalue weighted by Crippen LogP contribution is 2.39. The number of allylic oxidation sites excluding steroid dienone is 2. The predicted octanol–water partition coefficient (Wildman–Crippen LogP) is 7.74. The standard InChI is InChI=1S/C23H32F2/c1-2-3-4-5-18-6-8-19(9-7-18)20-10-12-21(13-11-20)22-14-16-23(24,25)17-15-22/h10-14,18-19H,2-9,15-17H2,1H3. The van der Waals surface area contributed by atoms with E-state index in [-0.39, 0.29) is 12.8 Å². The second kappa shape index (κ2) is 8.47. The van der Waals surface area contributed by atoms with Gasteiger partial charge in [-0.1, -0.05) is 62.9 Å². The number of alkyl halides is 2. The van der Waals surface area contributed by atoms with E-state index < -0.39 is 5.92 Å². The summed E-state index contributed by atoms with van der Waals surface area (Å²) < 4.78 is 26.6. The van der Waals surface area contributed by atoms with Crippen LogP contribution in [0.25, 0.3) is 5.57 Å². The van der Waals surface area contributed by atoms with Gasteiger partial charge in [0.25, 0.3) is 5.92 Å². The first-order valence-electron chi connectivity index (χ1n) is 10.2. The number of benzene rings is 1. The van der Waals surface area contributed by atoms with Crippen molar-refractivity contribution in [2.45, 2.75) is 89.4 Å². The Kier molecular flexibility index (Phi) is 6.30. The van der Waals surface area contributed by atoms with Crippen molar-refractivity contribution in [1.82, 2.24) is 0 Å². The summed E-state index contributed by atoms with van der Waals surface area (Å²) in [7, 11) is 0. The summed E-state index contributed by atoms with van der Waals surface area (Å²) in [6.45, 7) is 2.27. The van der Waals surface area contributed by atoms with E-state index >= 15 is 0 Å². The Morgan fingerprint density at radius 1 is 1.00 bits per heavy atom. The minimum Gasteiger partial charge on any atom is -0.207 e. The molecule has 3 rings (SSSR count). The molecule has 2 aliphatic carbocycles. The predicted molar refractivity (Wildman–Crippen MR) is 102 cm³/mol. The summed E-state index contributed by atoms with van der Waals surface area (Å²) >= 11 is 0. The van der Waals surface area contributed by atoms with Crippen LogP contribution in [0.5, 0.6) is 0 Å². The van der Waals surface area contributed by atoms with Gasteiger partial charge in [0.2, 0.25) is 0 Å². The number of halogens is 2. The summed E-state index contributed by atoms with van der Waals surface area (Å²) in [5.74, 6) is -0.864. The molecule has 0 radical (unpaired) electrons. The number of hydrogen-bond donors (Lipinski definition) is 0. The molecule has 0 nitrogen and oxygen atoms in total. The molecule has 0 bridgehead atoms. The SMILES string of the molecule is CCCCCC1CCC(c2ccc(C3=CCC(F)(F)CC3)cc2)CC1. The minimum absolute atomic E-state index is 0.0113. The molecule has 0 heterocycles. The van der Waals surface area contributed by atoms with E-state index in [0.29, 0.717) is 12.3 Å². The van der Waals surface area contributed by atoms with E-state index in [2.05, 4.69) is 31.2 Å². The Balaban J connectivity index is 1.53. The Morgan fingerprint density at radius 3 is 2.32 bits per heavy atom. The van der Waals surface area contributed by atoms with E-state index in [0.717, 1.165) is 17.1 Å². The van der Waals surface area contributed by atoms with Crippen LogP contribution in [0.15, 0.2) is 30.3 Å². The van der Waals surface area contributed by atoms with E-state index in [1.54, 1.807) is 6.08 Å². The maximum absolute atomic E-state index is 13.3. The molecule has 0 N–H and O–H groups in total. The van der Waals surface area contributed by atoms with Gasteiger partial charge in [0, 0.05) is 12.8 Å². The second-order valence-electron chi connectivity index (χ2n) is 8.12. The van der Waals surface area contributed by atoms with Crippen LogP contribution in [0.1, 0.15) is 94.6 Å². The van der Waals surface area contributed by atoms with Crippen LogP contribution in [0.3, 0.4) is 0 Å².